The molecule has 0 aliphatic heterocycles. The second kappa shape index (κ2) is 5.96. The van der Waals surface area contributed by atoms with Gasteiger partial charge in [0, 0.05) is 29.8 Å². The molecular weight excluding hydrogens is 336 g/mol. The summed E-state index contributed by atoms with van der Waals surface area (Å²) in [6, 6.07) is 11.5. The van der Waals surface area contributed by atoms with E-state index in [1.165, 1.54) is 3.97 Å². The molecule has 0 aliphatic rings. The van der Waals surface area contributed by atoms with E-state index in [0.29, 0.717) is 22.3 Å². The van der Waals surface area contributed by atoms with Crippen LogP contribution in [-0.4, -0.2) is 29.1 Å². The van der Waals surface area contributed by atoms with Crippen LogP contribution in [0.1, 0.15) is 11.4 Å². The molecule has 1 aromatic carbocycles. The second-order valence-electron chi connectivity index (χ2n) is 5.18. The van der Waals surface area contributed by atoms with Crippen LogP contribution < -0.4 is 0 Å². The number of pyridine rings is 1. The van der Waals surface area contributed by atoms with Crippen molar-refractivity contribution in [2.45, 2.75) is 18.2 Å². The fraction of sp³-hybridized carbons (Fsp3) is 0.188. The molecule has 5 nitrogen and oxygen atoms in total. The highest BCUT2D eigenvalue weighted by Crippen LogP contribution is 2.30. The van der Waals surface area contributed by atoms with Gasteiger partial charge in [0.15, 0.2) is 0 Å². The molecule has 0 bridgehead atoms. The first kappa shape index (κ1) is 16.0. The molecule has 0 unspecified atom stereocenters. The molecule has 3 rings (SSSR count). The summed E-state index contributed by atoms with van der Waals surface area (Å²) in [5, 5.41) is 10.1. The number of aryl methyl sites for hydroxylation is 1. The van der Waals surface area contributed by atoms with Crippen LogP contribution in [0, 0.1) is 6.92 Å². The van der Waals surface area contributed by atoms with Crippen LogP contribution in [0.3, 0.4) is 0 Å². The maximum absolute atomic E-state index is 13.0. The third-order valence-corrected chi connectivity index (χ3v) is 5.63. The summed E-state index contributed by atoms with van der Waals surface area (Å²) in [4.78, 5) is 4.35. The number of rotatable bonds is 4. The summed E-state index contributed by atoms with van der Waals surface area (Å²) in [6.07, 6.45) is 0.204. The van der Waals surface area contributed by atoms with E-state index in [-0.39, 0.29) is 23.1 Å². The van der Waals surface area contributed by atoms with Gasteiger partial charge in [-0.3, -0.25) is 0 Å². The average molecular weight is 351 g/mol. The number of aliphatic hydroxyl groups is 1. The van der Waals surface area contributed by atoms with Crippen molar-refractivity contribution in [2.24, 2.45) is 0 Å². The molecule has 2 heterocycles. The van der Waals surface area contributed by atoms with Crippen molar-refractivity contribution in [2.75, 3.05) is 6.61 Å². The molecule has 1 N–H and O–H groups in total. The summed E-state index contributed by atoms with van der Waals surface area (Å²) in [5.41, 5.74) is 1.57. The van der Waals surface area contributed by atoms with Gasteiger partial charge in [0.25, 0.3) is 10.0 Å². The van der Waals surface area contributed by atoms with E-state index in [1.807, 2.05) is 0 Å². The first-order valence-electron chi connectivity index (χ1n) is 7.04. The number of hydrogen-bond acceptors (Lipinski definition) is 4. The predicted octanol–water partition coefficient (Wildman–Crippen LogP) is 2.77. The lowest BCUT2D eigenvalue weighted by molar-refractivity contribution is 0.298. The van der Waals surface area contributed by atoms with Gasteiger partial charge >= 0.3 is 0 Å². The second-order valence-corrected chi connectivity index (χ2v) is 7.32. The van der Waals surface area contributed by atoms with Crippen LogP contribution >= 0.6 is 11.6 Å². The van der Waals surface area contributed by atoms with E-state index in [1.54, 1.807) is 49.4 Å². The fourth-order valence-corrected chi connectivity index (χ4v) is 4.44. The van der Waals surface area contributed by atoms with Crippen LogP contribution in [0.5, 0.6) is 0 Å². The minimum atomic E-state index is -3.79. The van der Waals surface area contributed by atoms with Crippen molar-refractivity contribution in [1.82, 2.24) is 8.96 Å². The standard InChI is InChI=1S/C16H15ClN2O3S/c1-11-9-15-14(16(17)18-11)10-12(7-8-20)19(15)23(21,22)13-5-3-2-4-6-13/h2-6,9-10,20H,7-8H2,1H3. The first-order chi connectivity index (χ1) is 10.9. The Morgan fingerprint density at radius 1 is 1.22 bits per heavy atom. The zero-order valence-corrected chi connectivity index (χ0v) is 14.0. The highest BCUT2D eigenvalue weighted by atomic mass is 35.5. The minimum Gasteiger partial charge on any atom is -0.396 e. The lowest BCUT2D eigenvalue weighted by Crippen LogP contribution is -2.16. The topological polar surface area (TPSA) is 72.2 Å². The Morgan fingerprint density at radius 3 is 2.57 bits per heavy atom. The average Bonchev–Trinajstić information content (AvgIpc) is 2.87. The van der Waals surface area contributed by atoms with E-state index in [0.717, 1.165) is 0 Å². The third-order valence-electron chi connectivity index (χ3n) is 3.56. The van der Waals surface area contributed by atoms with Crippen molar-refractivity contribution < 1.29 is 13.5 Å². The molecule has 120 valence electrons. The molecule has 0 spiro atoms. The minimum absolute atomic E-state index is 0.162. The molecule has 0 aliphatic carbocycles. The molecule has 3 aromatic rings. The van der Waals surface area contributed by atoms with Gasteiger partial charge in [-0.1, -0.05) is 29.8 Å². The van der Waals surface area contributed by atoms with E-state index in [2.05, 4.69) is 4.98 Å². The fourth-order valence-electron chi connectivity index (χ4n) is 2.58. The van der Waals surface area contributed by atoms with E-state index in [4.69, 9.17) is 11.6 Å². The van der Waals surface area contributed by atoms with Gasteiger partial charge < -0.3 is 5.11 Å². The molecule has 0 atom stereocenters. The SMILES string of the molecule is Cc1cc2c(cc(CCO)n2S(=O)(=O)c2ccccc2)c(Cl)n1. The molecule has 2 aromatic heterocycles. The van der Waals surface area contributed by atoms with Crippen LogP contribution in [-0.2, 0) is 16.4 Å². The molecule has 0 saturated heterocycles. The Morgan fingerprint density at radius 2 is 1.91 bits per heavy atom. The Balaban J connectivity index is 2.37. The molecule has 7 heteroatoms. The van der Waals surface area contributed by atoms with Gasteiger partial charge in [0.1, 0.15) is 5.15 Å². The summed E-state index contributed by atoms with van der Waals surface area (Å²) in [6.45, 7) is 1.59. The quantitative estimate of drug-likeness (QED) is 0.734. The zero-order valence-electron chi connectivity index (χ0n) is 12.4. The summed E-state index contributed by atoms with van der Waals surface area (Å²) >= 11 is 6.16. The van der Waals surface area contributed by atoms with Crippen molar-refractivity contribution in [3.05, 3.63) is 59.0 Å². The lowest BCUT2D eigenvalue weighted by Gasteiger charge is -2.11. The maximum Gasteiger partial charge on any atom is 0.268 e. The van der Waals surface area contributed by atoms with Gasteiger partial charge in [-0.15, -0.1) is 0 Å². The molecule has 0 radical (unpaired) electrons. The van der Waals surface area contributed by atoms with Crippen LogP contribution in [0.15, 0.2) is 47.4 Å². The lowest BCUT2D eigenvalue weighted by atomic mass is 10.2. The molecule has 0 saturated carbocycles. The van der Waals surface area contributed by atoms with Crippen molar-refractivity contribution >= 4 is 32.5 Å². The Kier molecular flexibility index (Phi) is 4.14. The van der Waals surface area contributed by atoms with Gasteiger partial charge in [0.05, 0.1) is 10.4 Å². The molecule has 0 fully saturated rings. The number of benzene rings is 1. The summed E-state index contributed by atoms with van der Waals surface area (Å²) in [5.74, 6) is 0. The number of hydrogen-bond donors (Lipinski definition) is 1. The van der Waals surface area contributed by atoms with Crippen molar-refractivity contribution in [1.29, 1.82) is 0 Å². The molecule has 0 amide bonds. The number of aromatic nitrogens is 2. The maximum atomic E-state index is 13.0. The van der Waals surface area contributed by atoms with Crippen LogP contribution in [0.2, 0.25) is 5.15 Å². The Hall–Kier alpha value is -1.89. The normalized spacial score (nSPS) is 12.0. The highest BCUT2D eigenvalue weighted by molar-refractivity contribution is 7.90. The highest BCUT2D eigenvalue weighted by Gasteiger charge is 2.24. The summed E-state index contributed by atoms with van der Waals surface area (Å²) < 4.78 is 27.3. The van der Waals surface area contributed by atoms with Gasteiger partial charge in [-0.2, -0.15) is 0 Å². The number of aliphatic hydroxyl groups excluding tert-OH is 1. The van der Waals surface area contributed by atoms with E-state index in [9.17, 15) is 13.5 Å². The number of halogens is 1. The van der Waals surface area contributed by atoms with Gasteiger partial charge in [-0.05, 0) is 31.2 Å². The van der Waals surface area contributed by atoms with Gasteiger partial charge in [0.2, 0.25) is 0 Å². The first-order valence-corrected chi connectivity index (χ1v) is 8.86. The van der Waals surface area contributed by atoms with E-state index >= 15 is 0 Å². The van der Waals surface area contributed by atoms with Gasteiger partial charge in [-0.25, -0.2) is 17.4 Å². The number of fused-ring (bicyclic) bond motifs is 1. The summed E-state index contributed by atoms with van der Waals surface area (Å²) in [7, 11) is -3.79. The number of nitrogens with zero attached hydrogens (tertiary/aromatic N) is 2. The smallest absolute Gasteiger partial charge is 0.268 e. The van der Waals surface area contributed by atoms with Crippen molar-refractivity contribution in [3.8, 4) is 0 Å². The monoisotopic (exact) mass is 350 g/mol. The Labute approximate surface area is 139 Å². The molecular formula is C16H15ClN2O3S. The largest absolute Gasteiger partial charge is 0.396 e. The predicted molar refractivity (Wildman–Crippen MR) is 89.3 cm³/mol. The molecule has 23 heavy (non-hydrogen) atoms. The Bertz CT molecular complexity index is 966. The van der Waals surface area contributed by atoms with Crippen LogP contribution in [0.4, 0.5) is 0 Å². The third kappa shape index (κ3) is 2.73. The van der Waals surface area contributed by atoms with E-state index < -0.39 is 10.0 Å². The zero-order chi connectivity index (χ0) is 16.6. The van der Waals surface area contributed by atoms with Crippen molar-refractivity contribution in [3.63, 3.8) is 0 Å². The van der Waals surface area contributed by atoms with Crippen LogP contribution in [0.25, 0.3) is 10.9 Å².